The fourth-order valence-corrected chi connectivity index (χ4v) is 4.32. The number of fused-ring (bicyclic) bond motifs is 2. The molecule has 2 aromatic heterocycles. The monoisotopic (exact) mass is 355 g/mol. The molecule has 0 aliphatic carbocycles. The van der Waals surface area contributed by atoms with Crippen molar-refractivity contribution in [3.8, 4) is 17.0 Å². The number of aryl methyl sites for hydroxylation is 2. The SMILES string of the molecule is Cc1nc2sc(C)c(-c3ccc4c(c3)N(C)C(=O)C(C)O4)n2c1C=O. The quantitative estimate of drug-likeness (QED) is 0.662. The maximum atomic E-state index is 12.2. The van der Waals surface area contributed by atoms with Crippen molar-refractivity contribution in [2.24, 2.45) is 0 Å². The molecule has 0 fully saturated rings. The molecule has 3 heterocycles. The van der Waals surface area contributed by atoms with Crippen LogP contribution in [0.3, 0.4) is 0 Å². The fourth-order valence-electron chi connectivity index (χ4n) is 3.27. The highest BCUT2D eigenvalue weighted by atomic mass is 32.1. The number of hydrogen-bond acceptors (Lipinski definition) is 5. The number of carbonyl (C=O) groups excluding carboxylic acids is 2. The predicted molar refractivity (Wildman–Crippen MR) is 96.9 cm³/mol. The first kappa shape index (κ1) is 15.8. The molecule has 0 N–H and O–H groups in total. The highest BCUT2D eigenvalue weighted by molar-refractivity contribution is 7.17. The number of benzene rings is 1. The number of anilines is 1. The van der Waals surface area contributed by atoms with E-state index in [1.54, 1.807) is 30.2 Å². The summed E-state index contributed by atoms with van der Waals surface area (Å²) in [6, 6.07) is 5.75. The van der Waals surface area contributed by atoms with Crippen LogP contribution >= 0.6 is 11.3 Å². The number of ether oxygens (including phenoxy) is 1. The molecule has 1 aliphatic rings. The van der Waals surface area contributed by atoms with E-state index in [2.05, 4.69) is 4.98 Å². The van der Waals surface area contributed by atoms with Crippen LogP contribution in [0, 0.1) is 13.8 Å². The van der Waals surface area contributed by atoms with Crippen molar-refractivity contribution >= 4 is 34.2 Å². The van der Waals surface area contributed by atoms with E-state index in [9.17, 15) is 9.59 Å². The summed E-state index contributed by atoms with van der Waals surface area (Å²) >= 11 is 1.54. The Morgan fingerprint density at radius 2 is 2.08 bits per heavy atom. The average Bonchev–Trinajstić information content (AvgIpc) is 3.05. The second kappa shape index (κ2) is 5.42. The first-order valence-corrected chi connectivity index (χ1v) is 8.76. The molecule has 1 aromatic carbocycles. The molecule has 6 nitrogen and oxygen atoms in total. The van der Waals surface area contributed by atoms with Crippen LogP contribution in [0.15, 0.2) is 18.2 Å². The van der Waals surface area contributed by atoms with Gasteiger partial charge in [-0.1, -0.05) is 0 Å². The molecule has 0 spiro atoms. The number of rotatable bonds is 2. The van der Waals surface area contributed by atoms with E-state index in [1.165, 1.54) is 0 Å². The van der Waals surface area contributed by atoms with Crippen LogP contribution in [0.25, 0.3) is 16.2 Å². The average molecular weight is 355 g/mol. The third-order valence-electron chi connectivity index (χ3n) is 4.56. The van der Waals surface area contributed by atoms with E-state index >= 15 is 0 Å². The van der Waals surface area contributed by atoms with Crippen molar-refractivity contribution in [2.45, 2.75) is 26.9 Å². The lowest BCUT2D eigenvalue weighted by atomic mass is 10.1. The molecule has 0 saturated heterocycles. The summed E-state index contributed by atoms with van der Waals surface area (Å²) in [5.41, 5.74) is 3.83. The van der Waals surface area contributed by atoms with Crippen molar-refractivity contribution in [3.05, 3.63) is 34.5 Å². The third kappa shape index (κ3) is 2.19. The minimum atomic E-state index is -0.490. The molecule has 1 unspecified atom stereocenters. The highest BCUT2D eigenvalue weighted by Gasteiger charge is 2.29. The second-order valence-corrected chi connectivity index (χ2v) is 7.35. The van der Waals surface area contributed by atoms with E-state index in [-0.39, 0.29) is 5.91 Å². The van der Waals surface area contributed by atoms with Gasteiger partial charge in [-0.25, -0.2) is 4.98 Å². The van der Waals surface area contributed by atoms with E-state index in [4.69, 9.17) is 4.74 Å². The van der Waals surface area contributed by atoms with Gasteiger partial charge in [0.2, 0.25) is 0 Å². The largest absolute Gasteiger partial charge is 0.479 e. The Morgan fingerprint density at radius 1 is 1.32 bits per heavy atom. The minimum Gasteiger partial charge on any atom is -0.479 e. The molecule has 0 saturated carbocycles. The number of thiazole rings is 1. The first-order chi connectivity index (χ1) is 11.9. The number of nitrogens with zero attached hydrogens (tertiary/aromatic N) is 3. The van der Waals surface area contributed by atoms with Crippen LogP contribution in [0.4, 0.5) is 5.69 Å². The Bertz CT molecular complexity index is 1030. The zero-order chi connectivity index (χ0) is 17.9. The number of imidazole rings is 1. The van der Waals surface area contributed by atoms with Gasteiger partial charge in [0.25, 0.3) is 5.91 Å². The predicted octanol–water partition coefficient (Wildman–Crippen LogP) is 3.24. The summed E-state index contributed by atoms with van der Waals surface area (Å²) in [6.45, 7) is 5.58. The minimum absolute atomic E-state index is 0.0797. The van der Waals surface area contributed by atoms with Crippen LogP contribution in [-0.4, -0.2) is 34.7 Å². The Kier molecular flexibility index (Phi) is 3.43. The molecule has 0 radical (unpaired) electrons. The van der Waals surface area contributed by atoms with Gasteiger partial charge in [-0.2, -0.15) is 0 Å². The van der Waals surface area contributed by atoms with Crippen LogP contribution in [0.1, 0.15) is 28.0 Å². The summed E-state index contributed by atoms with van der Waals surface area (Å²) in [6.07, 6.45) is 0.347. The molecule has 4 rings (SSSR count). The number of aldehydes is 1. The lowest BCUT2D eigenvalue weighted by molar-refractivity contribution is -0.125. The second-order valence-electron chi connectivity index (χ2n) is 6.16. The topological polar surface area (TPSA) is 63.9 Å². The Morgan fingerprint density at radius 3 is 2.80 bits per heavy atom. The fraction of sp³-hybridized carbons (Fsp3) is 0.278. The van der Waals surface area contributed by atoms with Gasteiger partial charge in [0, 0.05) is 17.5 Å². The van der Waals surface area contributed by atoms with E-state index in [1.807, 2.05) is 36.4 Å². The molecule has 1 aliphatic heterocycles. The van der Waals surface area contributed by atoms with Crippen molar-refractivity contribution in [1.82, 2.24) is 9.38 Å². The molecule has 7 heteroatoms. The van der Waals surface area contributed by atoms with Gasteiger partial charge in [-0.3, -0.25) is 14.0 Å². The molecule has 25 heavy (non-hydrogen) atoms. The maximum absolute atomic E-state index is 12.2. The number of amides is 1. The Labute approximate surface area is 148 Å². The van der Waals surface area contributed by atoms with Crippen LogP contribution in [0.2, 0.25) is 0 Å². The van der Waals surface area contributed by atoms with Gasteiger partial charge in [0.05, 0.1) is 17.1 Å². The molecular weight excluding hydrogens is 338 g/mol. The van der Waals surface area contributed by atoms with E-state index < -0.39 is 6.10 Å². The van der Waals surface area contributed by atoms with Crippen LogP contribution in [-0.2, 0) is 4.79 Å². The number of aromatic nitrogens is 2. The van der Waals surface area contributed by atoms with E-state index in [0.717, 1.165) is 33.1 Å². The molecule has 1 amide bonds. The molecule has 3 aromatic rings. The lowest BCUT2D eigenvalue weighted by Crippen LogP contribution is -2.41. The van der Waals surface area contributed by atoms with Gasteiger partial charge in [-0.15, -0.1) is 11.3 Å². The van der Waals surface area contributed by atoms with Crippen molar-refractivity contribution in [3.63, 3.8) is 0 Å². The number of hydrogen-bond donors (Lipinski definition) is 0. The Hall–Kier alpha value is -2.67. The summed E-state index contributed by atoms with van der Waals surface area (Å²) in [4.78, 5) is 31.7. The van der Waals surface area contributed by atoms with Crippen LogP contribution < -0.4 is 9.64 Å². The zero-order valence-electron chi connectivity index (χ0n) is 14.4. The zero-order valence-corrected chi connectivity index (χ0v) is 15.2. The molecule has 128 valence electrons. The van der Waals surface area contributed by atoms with E-state index in [0.29, 0.717) is 17.1 Å². The summed E-state index contributed by atoms with van der Waals surface area (Å²) in [7, 11) is 1.75. The lowest BCUT2D eigenvalue weighted by Gasteiger charge is -2.30. The normalized spacial score (nSPS) is 16.9. The maximum Gasteiger partial charge on any atom is 0.267 e. The van der Waals surface area contributed by atoms with Gasteiger partial charge >= 0.3 is 0 Å². The number of carbonyl (C=O) groups is 2. The van der Waals surface area contributed by atoms with Crippen molar-refractivity contribution in [2.75, 3.05) is 11.9 Å². The first-order valence-electron chi connectivity index (χ1n) is 7.94. The smallest absolute Gasteiger partial charge is 0.267 e. The van der Waals surface area contributed by atoms with Gasteiger partial charge in [-0.05, 0) is 39.0 Å². The van der Waals surface area contributed by atoms with Gasteiger partial charge < -0.3 is 9.64 Å². The molecule has 1 atom stereocenters. The summed E-state index contributed by atoms with van der Waals surface area (Å²) < 4.78 is 7.58. The standard InChI is InChI=1S/C18H17N3O3S/c1-9-14(8-22)21-16(11(3)25-18(21)19-9)12-5-6-15-13(7-12)20(4)17(23)10(2)24-15/h5-8,10H,1-4H3. The van der Waals surface area contributed by atoms with Crippen molar-refractivity contribution < 1.29 is 14.3 Å². The third-order valence-corrected chi connectivity index (χ3v) is 5.51. The number of likely N-dealkylation sites (N-methyl/N-ethyl adjacent to an activating group) is 1. The van der Waals surface area contributed by atoms with Crippen molar-refractivity contribution in [1.29, 1.82) is 0 Å². The molecular formula is C18H17N3O3S. The Balaban J connectivity index is 1.95. The van der Waals surface area contributed by atoms with Crippen LogP contribution in [0.5, 0.6) is 5.75 Å². The highest BCUT2D eigenvalue weighted by Crippen LogP contribution is 2.39. The summed E-state index contributed by atoms with van der Waals surface area (Å²) in [5, 5.41) is 0. The van der Waals surface area contributed by atoms with Gasteiger partial charge in [0.1, 0.15) is 11.4 Å². The molecule has 0 bridgehead atoms. The van der Waals surface area contributed by atoms with Gasteiger partial charge in [0.15, 0.2) is 17.4 Å². The summed E-state index contributed by atoms with van der Waals surface area (Å²) in [5.74, 6) is 0.601.